The molecule has 0 unspecified atom stereocenters. The molecular formula is C31H26FNO5. The van der Waals surface area contributed by atoms with Crippen molar-refractivity contribution >= 4 is 16.9 Å². The minimum Gasteiger partial charge on any atom is -0.497 e. The van der Waals surface area contributed by atoms with Gasteiger partial charge in [-0.25, -0.2) is 4.39 Å². The molecule has 0 saturated carbocycles. The molecule has 4 aromatic carbocycles. The third-order valence-corrected chi connectivity index (χ3v) is 6.38. The van der Waals surface area contributed by atoms with E-state index in [1.54, 1.807) is 30.3 Å². The first kappa shape index (κ1) is 25.0. The number of benzene rings is 4. The second-order valence-corrected chi connectivity index (χ2v) is 8.86. The van der Waals surface area contributed by atoms with E-state index in [0.29, 0.717) is 40.5 Å². The molecular weight excluding hydrogens is 485 g/mol. The topological polar surface area (TPSA) is 94.9 Å². The molecule has 0 spiro atoms. The molecule has 1 aromatic heterocycles. The zero-order valence-corrected chi connectivity index (χ0v) is 20.7. The van der Waals surface area contributed by atoms with Gasteiger partial charge >= 0.3 is 5.97 Å². The maximum atomic E-state index is 13.7. The molecule has 1 heterocycles. The van der Waals surface area contributed by atoms with Crippen LogP contribution in [0.1, 0.15) is 16.7 Å². The SMILES string of the molecule is COc1ccc(CC(=O)O)c(OCc2c(-c3ccc(F)cc3)oc3ccc(-c4cccc(CN)c4)cc23)c1. The van der Waals surface area contributed by atoms with E-state index in [2.05, 4.69) is 0 Å². The number of fused-ring (bicyclic) bond motifs is 1. The van der Waals surface area contributed by atoms with Crippen molar-refractivity contribution in [2.24, 2.45) is 5.73 Å². The maximum Gasteiger partial charge on any atom is 0.307 e. The van der Waals surface area contributed by atoms with Crippen molar-refractivity contribution in [3.8, 4) is 33.9 Å². The lowest BCUT2D eigenvalue weighted by Gasteiger charge is -2.13. The molecule has 0 fully saturated rings. The Balaban J connectivity index is 1.61. The van der Waals surface area contributed by atoms with Crippen LogP contribution in [0.15, 0.2) is 89.3 Å². The van der Waals surface area contributed by atoms with Crippen molar-refractivity contribution < 1.29 is 28.2 Å². The van der Waals surface area contributed by atoms with Crippen LogP contribution >= 0.6 is 0 Å². The fourth-order valence-corrected chi connectivity index (χ4v) is 4.44. The van der Waals surface area contributed by atoms with Crippen molar-refractivity contribution in [3.63, 3.8) is 0 Å². The van der Waals surface area contributed by atoms with Gasteiger partial charge in [0.05, 0.1) is 13.5 Å². The normalized spacial score (nSPS) is 11.0. The molecule has 0 aliphatic heterocycles. The van der Waals surface area contributed by atoms with Crippen LogP contribution < -0.4 is 15.2 Å². The lowest BCUT2D eigenvalue weighted by Crippen LogP contribution is -2.05. The van der Waals surface area contributed by atoms with Crippen LogP contribution in [-0.2, 0) is 24.4 Å². The van der Waals surface area contributed by atoms with Gasteiger partial charge in [-0.15, -0.1) is 0 Å². The van der Waals surface area contributed by atoms with Crippen LogP contribution in [-0.4, -0.2) is 18.2 Å². The van der Waals surface area contributed by atoms with Gasteiger partial charge in [0.25, 0.3) is 0 Å². The molecule has 0 aliphatic carbocycles. The molecule has 0 saturated heterocycles. The fraction of sp³-hybridized carbons (Fsp3) is 0.129. The van der Waals surface area contributed by atoms with Crippen molar-refractivity contribution in [2.45, 2.75) is 19.6 Å². The number of furan rings is 1. The van der Waals surface area contributed by atoms with Crippen LogP contribution in [0, 0.1) is 5.82 Å². The Labute approximate surface area is 219 Å². The Morgan fingerprint density at radius 2 is 1.71 bits per heavy atom. The lowest BCUT2D eigenvalue weighted by atomic mass is 9.99. The molecule has 6 nitrogen and oxygen atoms in total. The first-order chi connectivity index (χ1) is 18.4. The zero-order valence-electron chi connectivity index (χ0n) is 20.7. The Morgan fingerprint density at radius 1 is 0.947 bits per heavy atom. The molecule has 0 radical (unpaired) electrons. The Kier molecular flexibility index (Phi) is 7.11. The summed E-state index contributed by atoms with van der Waals surface area (Å²) in [6.07, 6.45) is -0.197. The number of hydrogen-bond donors (Lipinski definition) is 2. The summed E-state index contributed by atoms with van der Waals surface area (Å²) in [5, 5.41) is 10.2. The third kappa shape index (κ3) is 5.23. The molecule has 0 atom stereocenters. The number of carboxylic acids is 1. The van der Waals surface area contributed by atoms with Crippen molar-refractivity contribution in [1.29, 1.82) is 0 Å². The highest BCUT2D eigenvalue weighted by Gasteiger charge is 2.19. The number of halogens is 1. The van der Waals surface area contributed by atoms with E-state index >= 15 is 0 Å². The van der Waals surface area contributed by atoms with E-state index in [9.17, 15) is 14.3 Å². The summed E-state index contributed by atoms with van der Waals surface area (Å²) in [7, 11) is 1.54. The molecule has 5 rings (SSSR count). The van der Waals surface area contributed by atoms with Crippen LogP contribution in [0.5, 0.6) is 11.5 Å². The average molecular weight is 512 g/mol. The predicted octanol–water partition coefficient (Wildman–Crippen LogP) is 6.58. The number of ether oxygens (including phenoxy) is 2. The number of hydrogen-bond acceptors (Lipinski definition) is 5. The first-order valence-corrected chi connectivity index (χ1v) is 12.1. The predicted molar refractivity (Wildman–Crippen MR) is 144 cm³/mol. The first-order valence-electron chi connectivity index (χ1n) is 12.1. The highest BCUT2D eigenvalue weighted by atomic mass is 19.1. The summed E-state index contributed by atoms with van der Waals surface area (Å²) in [4.78, 5) is 11.4. The number of carbonyl (C=O) groups is 1. The van der Waals surface area contributed by atoms with E-state index in [-0.39, 0.29) is 18.8 Å². The van der Waals surface area contributed by atoms with E-state index in [1.807, 2.05) is 42.5 Å². The summed E-state index contributed by atoms with van der Waals surface area (Å²) in [5.74, 6) is 0.185. The summed E-state index contributed by atoms with van der Waals surface area (Å²) in [6.45, 7) is 0.528. The highest BCUT2D eigenvalue weighted by Crippen LogP contribution is 2.37. The highest BCUT2D eigenvalue weighted by molar-refractivity contribution is 5.91. The molecule has 5 aromatic rings. The standard InChI is InChI=1S/C31H26FNO5/c1-36-25-11-7-23(15-30(34)35)29(16-25)37-18-27-26-14-22(21-4-2-3-19(13-21)17-33)8-12-28(26)38-31(27)20-5-9-24(32)10-6-20/h2-14,16H,15,17-18,33H2,1H3,(H,34,35). The van der Waals surface area contributed by atoms with Gasteiger partial charge in [0.15, 0.2) is 0 Å². The summed E-state index contributed by atoms with van der Waals surface area (Å²) >= 11 is 0. The summed E-state index contributed by atoms with van der Waals surface area (Å²) in [5.41, 5.74) is 11.5. The number of carboxylic acid groups (broad SMARTS) is 1. The van der Waals surface area contributed by atoms with Gasteiger partial charge in [-0.1, -0.05) is 30.3 Å². The third-order valence-electron chi connectivity index (χ3n) is 6.38. The monoisotopic (exact) mass is 511 g/mol. The quantitative estimate of drug-likeness (QED) is 0.232. The van der Waals surface area contributed by atoms with E-state index in [0.717, 1.165) is 27.6 Å². The van der Waals surface area contributed by atoms with E-state index in [4.69, 9.17) is 19.6 Å². The maximum absolute atomic E-state index is 13.7. The van der Waals surface area contributed by atoms with Crippen LogP contribution in [0.4, 0.5) is 4.39 Å². The molecule has 7 heteroatoms. The average Bonchev–Trinajstić information content (AvgIpc) is 3.30. The number of methoxy groups -OCH3 is 1. The second kappa shape index (κ2) is 10.8. The van der Waals surface area contributed by atoms with Gasteiger partial charge in [-0.2, -0.15) is 0 Å². The minimum absolute atomic E-state index is 0.0891. The molecule has 0 amide bonds. The zero-order chi connectivity index (χ0) is 26.6. The lowest BCUT2D eigenvalue weighted by molar-refractivity contribution is -0.136. The van der Waals surface area contributed by atoms with Crippen LogP contribution in [0.3, 0.4) is 0 Å². The van der Waals surface area contributed by atoms with Gasteiger partial charge in [0.2, 0.25) is 0 Å². The van der Waals surface area contributed by atoms with Gasteiger partial charge < -0.3 is 24.7 Å². The van der Waals surface area contributed by atoms with E-state index < -0.39 is 5.97 Å². The molecule has 192 valence electrons. The van der Waals surface area contributed by atoms with Crippen molar-refractivity contribution in [2.75, 3.05) is 7.11 Å². The smallest absolute Gasteiger partial charge is 0.307 e. The van der Waals surface area contributed by atoms with Crippen molar-refractivity contribution in [1.82, 2.24) is 0 Å². The van der Waals surface area contributed by atoms with Crippen LogP contribution in [0.2, 0.25) is 0 Å². The minimum atomic E-state index is -0.967. The molecule has 38 heavy (non-hydrogen) atoms. The fourth-order valence-electron chi connectivity index (χ4n) is 4.44. The van der Waals surface area contributed by atoms with Gasteiger partial charge in [-0.05, 0) is 65.2 Å². The summed E-state index contributed by atoms with van der Waals surface area (Å²) < 4.78 is 31.4. The molecule has 0 aliphatic rings. The Hall–Kier alpha value is -4.62. The summed E-state index contributed by atoms with van der Waals surface area (Å²) in [6, 6.07) is 25.0. The van der Waals surface area contributed by atoms with E-state index in [1.165, 1.54) is 19.2 Å². The van der Waals surface area contributed by atoms with Gasteiger partial charge in [0.1, 0.15) is 35.3 Å². The number of rotatable bonds is 9. The van der Waals surface area contributed by atoms with Gasteiger partial charge in [-0.3, -0.25) is 4.79 Å². The number of nitrogens with two attached hydrogens (primary N) is 1. The molecule has 0 bridgehead atoms. The Morgan fingerprint density at radius 3 is 2.45 bits per heavy atom. The number of aliphatic carboxylic acids is 1. The van der Waals surface area contributed by atoms with Gasteiger partial charge in [0, 0.05) is 34.7 Å². The van der Waals surface area contributed by atoms with Crippen LogP contribution in [0.25, 0.3) is 33.4 Å². The van der Waals surface area contributed by atoms with Crippen molar-refractivity contribution in [3.05, 3.63) is 107 Å². The largest absolute Gasteiger partial charge is 0.497 e. The second-order valence-electron chi connectivity index (χ2n) is 8.86. The molecule has 3 N–H and O–H groups in total. The Bertz CT molecular complexity index is 1610.